The molecule has 0 spiro atoms. The molecule has 0 aliphatic carbocycles. The summed E-state index contributed by atoms with van der Waals surface area (Å²) >= 11 is 5.96. The van der Waals surface area contributed by atoms with Crippen molar-refractivity contribution in [2.45, 2.75) is 19.8 Å². The number of hydrogen-bond donors (Lipinski definition) is 2. The second-order valence-corrected chi connectivity index (χ2v) is 5.76. The molecule has 1 aliphatic heterocycles. The van der Waals surface area contributed by atoms with E-state index in [-0.39, 0.29) is 12.5 Å². The number of nitrogens with one attached hydrogen (secondary N) is 1. The summed E-state index contributed by atoms with van der Waals surface area (Å²) in [6, 6.07) is 6.74. The second kappa shape index (κ2) is 6.45. The topological polar surface area (TPSA) is 69.6 Å². The van der Waals surface area contributed by atoms with E-state index in [9.17, 15) is 9.59 Å². The lowest BCUT2D eigenvalue weighted by atomic mass is 9.82. The number of anilines is 1. The van der Waals surface area contributed by atoms with Gasteiger partial charge < -0.3 is 15.3 Å². The van der Waals surface area contributed by atoms with Crippen molar-refractivity contribution in [1.29, 1.82) is 0 Å². The van der Waals surface area contributed by atoms with E-state index in [0.717, 1.165) is 13.0 Å². The van der Waals surface area contributed by atoms with Gasteiger partial charge in [-0.3, -0.25) is 9.59 Å². The number of carboxylic acid groups (broad SMARTS) is 1. The Morgan fingerprint density at radius 1 is 1.48 bits per heavy atom. The predicted octanol–water partition coefficient (Wildman–Crippen LogP) is 2.15. The van der Waals surface area contributed by atoms with Crippen LogP contribution in [0.4, 0.5) is 5.69 Å². The van der Waals surface area contributed by atoms with Crippen LogP contribution >= 0.6 is 11.6 Å². The SMILES string of the molecule is CCC1(C(=O)N(CC(=O)O)c2cccc(Cl)c2)CCNC1. The van der Waals surface area contributed by atoms with Crippen molar-refractivity contribution in [3.05, 3.63) is 29.3 Å². The first-order chi connectivity index (χ1) is 9.98. The molecule has 2 rings (SSSR count). The van der Waals surface area contributed by atoms with Crippen LogP contribution in [0.5, 0.6) is 0 Å². The number of carbonyl (C=O) groups is 2. The fourth-order valence-electron chi connectivity index (χ4n) is 2.73. The Labute approximate surface area is 128 Å². The van der Waals surface area contributed by atoms with E-state index in [0.29, 0.717) is 23.7 Å². The number of benzene rings is 1. The average molecular weight is 311 g/mol. The molecule has 114 valence electrons. The quantitative estimate of drug-likeness (QED) is 0.874. The molecule has 5 nitrogen and oxygen atoms in total. The van der Waals surface area contributed by atoms with Crippen molar-refractivity contribution in [2.75, 3.05) is 24.5 Å². The zero-order valence-electron chi connectivity index (χ0n) is 11.9. The van der Waals surface area contributed by atoms with Gasteiger partial charge in [-0.25, -0.2) is 0 Å². The Balaban J connectivity index is 2.35. The van der Waals surface area contributed by atoms with E-state index in [4.69, 9.17) is 16.7 Å². The molecule has 1 aromatic carbocycles. The molecule has 1 amide bonds. The van der Waals surface area contributed by atoms with E-state index in [1.165, 1.54) is 4.90 Å². The molecule has 1 aliphatic rings. The lowest BCUT2D eigenvalue weighted by Gasteiger charge is -2.32. The van der Waals surface area contributed by atoms with Gasteiger partial charge in [-0.1, -0.05) is 24.6 Å². The van der Waals surface area contributed by atoms with E-state index >= 15 is 0 Å². The van der Waals surface area contributed by atoms with Crippen LogP contribution in [0, 0.1) is 5.41 Å². The molecule has 1 heterocycles. The summed E-state index contributed by atoms with van der Waals surface area (Å²) in [7, 11) is 0. The third-order valence-corrected chi connectivity index (χ3v) is 4.27. The maximum absolute atomic E-state index is 12.9. The average Bonchev–Trinajstić information content (AvgIpc) is 2.94. The summed E-state index contributed by atoms with van der Waals surface area (Å²) in [6.07, 6.45) is 1.40. The van der Waals surface area contributed by atoms with Gasteiger partial charge in [0.25, 0.3) is 0 Å². The zero-order valence-corrected chi connectivity index (χ0v) is 12.7. The number of amides is 1. The minimum absolute atomic E-state index is 0.153. The number of carboxylic acids is 1. The van der Waals surface area contributed by atoms with E-state index in [1.54, 1.807) is 24.3 Å². The van der Waals surface area contributed by atoms with Crippen LogP contribution in [-0.4, -0.2) is 36.6 Å². The van der Waals surface area contributed by atoms with Gasteiger partial charge in [0.2, 0.25) is 5.91 Å². The summed E-state index contributed by atoms with van der Waals surface area (Å²) in [5, 5.41) is 12.8. The van der Waals surface area contributed by atoms with Gasteiger partial charge in [0.1, 0.15) is 6.54 Å². The first kappa shape index (κ1) is 15.8. The number of carbonyl (C=O) groups excluding carboxylic acids is 1. The largest absolute Gasteiger partial charge is 0.480 e. The normalized spacial score (nSPS) is 21.2. The Bertz CT molecular complexity index is 541. The lowest BCUT2D eigenvalue weighted by Crippen LogP contribution is -2.47. The molecule has 1 atom stereocenters. The third kappa shape index (κ3) is 3.36. The van der Waals surface area contributed by atoms with Crippen molar-refractivity contribution in [3.8, 4) is 0 Å². The number of halogens is 1. The Hall–Kier alpha value is -1.59. The minimum Gasteiger partial charge on any atom is -0.480 e. The highest BCUT2D eigenvalue weighted by atomic mass is 35.5. The fraction of sp³-hybridized carbons (Fsp3) is 0.467. The van der Waals surface area contributed by atoms with Gasteiger partial charge >= 0.3 is 5.97 Å². The van der Waals surface area contributed by atoms with Crippen molar-refractivity contribution >= 4 is 29.2 Å². The molecule has 0 saturated carbocycles. The third-order valence-electron chi connectivity index (χ3n) is 4.03. The molecule has 1 fully saturated rings. The summed E-state index contributed by atoms with van der Waals surface area (Å²) in [5.41, 5.74) is -0.00719. The number of rotatable bonds is 5. The van der Waals surface area contributed by atoms with Gasteiger partial charge in [0.05, 0.1) is 5.41 Å². The highest BCUT2D eigenvalue weighted by molar-refractivity contribution is 6.31. The molecule has 0 radical (unpaired) electrons. The van der Waals surface area contributed by atoms with Crippen LogP contribution in [0.25, 0.3) is 0 Å². The Kier molecular flexibility index (Phi) is 4.85. The Morgan fingerprint density at radius 3 is 2.76 bits per heavy atom. The van der Waals surface area contributed by atoms with E-state index in [2.05, 4.69) is 5.32 Å². The van der Waals surface area contributed by atoms with Gasteiger partial charge in [-0.15, -0.1) is 0 Å². The highest BCUT2D eigenvalue weighted by Crippen LogP contribution is 2.34. The fourth-order valence-corrected chi connectivity index (χ4v) is 2.91. The second-order valence-electron chi connectivity index (χ2n) is 5.33. The molecule has 1 aromatic rings. The molecule has 0 bridgehead atoms. The number of nitrogens with zero attached hydrogens (tertiary/aromatic N) is 1. The van der Waals surface area contributed by atoms with Crippen molar-refractivity contribution in [3.63, 3.8) is 0 Å². The minimum atomic E-state index is -1.04. The first-order valence-electron chi connectivity index (χ1n) is 6.98. The first-order valence-corrected chi connectivity index (χ1v) is 7.36. The smallest absolute Gasteiger partial charge is 0.323 e. The number of aliphatic carboxylic acids is 1. The summed E-state index contributed by atoms with van der Waals surface area (Å²) in [6.45, 7) is 2.96. The van der Waals surface area contributed by atoms with E-state index in [1.807, 2.05) is 6.92 Å². The summed E-state index contributed by atoms with van der Waals surface area (Å²) in [5.74, 6) is -1.19. The molecule has 2 N–H and O–H groups in total. The maximum Gasteiger partial charge on any atom is 0.323 e. The van der Waals surface area contributed by atoms with Gasteiger partial charge in [-0.2, -0.15) is 0 Å². The molecule has 21 heavy (non-hydrogen) atoms. The van der Waals surface area contributed by atoms with Crippen molar-refractivity contribution in [2.24, 2.45) is 5.41 Å². The molecule has 6 heteroatoms. The predicted molar refractivity (Wildman–Crippen MR) is 81.7 cm³/mol. The standard InChI is InChI=1S/C15H19ClN2O3/c1-2-15(6-7-17-10-15)14(21)18(9-13(19)20)12-5-3-4-11(16)8-12/h3-5,8,17H,2,6-7,9-10H2,1H3,(H,19,20). The van der Waals surface area contributed by atoms with E-state index < -0.39 is 11.4 Å². The molecule has 1 saturated heterocycles. The van der Waals surface area contributed by atoms with Crippen LogP contribution in [0.2, 0.25) is 5.02 Å². The Morgan fingerprint density at radius 2 is 2.24 bits per heavy atom. The zero-order chi connectivity index (χ0) is 15.5. The molecule has 1 unspecified atom stereocenters. The maximum atomic E-state index is 12.9. The number of hydrogen-bond acceptors (Lipinski definition) is 3. The van der Waals surface area contributed by atoms with Gasteiger partial charge in [0.15, 0.2) is 0 Å². The molecule has 0 aromatic heterocycles. The summed E-state index contributed by atoms with van der Waals surface area (Å²) < 4.78 is 0. The highest BCUT2D eigenvalue weighted by Gasteiger charge is 2.42. The van der Waals surface area contributed by atoms with Crippen molar-refractivity contribution < 1.29 is 14.7 Å². The summed E-state index contributed by atoms with van der Waals surface area (Å²) in [4.78, 5) is 25.4. The van der Waals surface area contributed by atoms with Crippen LogP contribution in [0.3, 0.4) is 0 Å². The molecular formula is C15H19ClN2O3. The van der Waals surface area contributed by atoms with Crippen LogP contribution in [0.1, 0.15) is 19.8 Å². The van der Waals surface area contributed by atoms with Crippen LogP contribution in [0.15, 0.2) is 24.3 Å². The van der Waals surface area contributed by atoms with Crippen LogP contribution in [-0.2, 0) is 9.59 Å². The van der Waals surface area contributed by atoms with Crippen molar-refractivity contribution in [1.82, 2.24) is 5.32 Å². The van der Waals surface area contributed by atoms with Gasteiger partial charge in [0, 0.05) is 17.3 Å². The van der Waals surface area contributed by atoms with Gasteiger partial charge in [-0.05, 0) is 37.6 Å². The van der Waals surface area contributed by atoms with Crippen LogP contribution < -0.4 is 10.2 Å². The molecular weight excluding hydrogens is 292 g/mol. The lowest BCUT2D eigenvalue weighted by molar-refractivity contribution is -0.138. The monoisotopic (exact) mass is 310 g/mol.